The molecule has 0 bridgehead atoms. The van der Waals surface area contributed by atoms with Gasteiger partial charge in [0.05, 0.1) is 20.3 Å². The minimum absolute atomic E-state index is 0.199. The van der Waals surface area contributed by atoms with E-state index in [4.69, 9.17) is 9.47 Å². The Morgan fingerprint density at radius 3 is 2.74 bits per heavy atom. The lowest BCUT2D eigenvalue weighted by Crippen LogP contribution is -2.37. The van der Waals surface area contributed by atoms with E-state index < -0.39 is 0 Å². The molecule has 0 aliphatic heterocycles. The van der Waals surface area contributed by atoms with Crippen molar-refractivity contribution in [3.63, 3.8) is 0 Å². The summed E-state index contributed by atoms with van der Waals surface area (Å²) < 4.78 is 10.5. The molecule has 1 aromatic rings. The van der Waals surface area contributed by atoms with E-state index in [2.05, 4.69) is 17.2 Å². The zero-order valence-corrected chi connectivity index (χ0v) is 11.5. The minimum atomic E-state index is -0.253. The molecule has 0 saturated heterocycles. The number of ether oxygens (including phenoxy) is 2. The van der Waals surface area contributed by atoms with E-state index in [1.165, 1.54) is 0 Å². The largest absolute Gasteiger partial charge is 0.497 e. The maximum Gasteiger partial charge on any atom is 0.315 e. The van der Waals surface area contributed by atoms with Crippen LogP contribution in [0.1, 0.15) is 18.5 Å². The number of carbonyl (C=O) groups is 1. The minimum Gasteiger partial charge on any atom is -0.497 e. The van der Waals surface area contributed by atoms with E-state index in [9.17, 15) is 4.79 Å². The van der Waals surface area contributed by atoms with Crippen LogP contribution in [0.4, 0.5) is 4.79 Å². The molecule has 19 heavy (non-hydrogen) atoms. The molecule has 1 aromatic carbocycles. The van der Waals surface area contributed by atoms with Crippen LogP contribution < -0.4 is 20.1 Å². The molecule has 1 rings (SSSR count). The van der Waals surface area contributed by atoms with Gasteiger partial charge in [-0.2, -0.15) is 0 Å². The van der Waals surface area contributed by atoms with E-state index in [0.717, 1.165) is 11.3 Å². The van der Waals surface area contributed by atoms with E-state index in [0.29, 0.717) is 12.3 Å². The molecule has 104 valence electrons. The SMILES string of the molecule is C=CCNC(=O)N[C@@H](C)c1cc(OC)ccc1OC. The molecule has 0 spiro atoms. The van der Waals surface area contributed by atoms with Crippen molar-refractivity contribution in [1.29, 1.82) is 0 Å². The first kappa shape index (κ1) is 14.9. The molecule has 0 fully saturated rings. The van der Waals surface area contributed by atoms with Crippen LogP contribution in [0, 0.1) is 0 Å². The smallest absolute Gasteiger partial charge is 0.315 e. The van der Waals surface area contributed by atoms with Gasteiger partial charge in [-0.3, -0.25) is 0 Å². The lowest BCUT2D eigenvalue weighted by molar-refractivity contribution is 0.238. The topological polar surface area (TPSA) is 59.6 Å². The standard InChI is InChI=1S/C14H20N2O3/c1-5-8-15-14(17)16-10(2)12-9-11(18-3)6-7-13(12)19-4/h5-7,9-10H,1,8H2,2-4H3,(H2,15,16,17)/t10-/m0/s1. The summed E-state index contributed by atoms with van der Waals surface area (Å²) in [6, 6.07) is 5.02. The average Bonchev–Trinajstić information content (AvgIpc) is 2.44. The number of urea groups is 1. The maximum atomic E-state index is 11.6. The molecule has 2 amide bonds. The molecule has 5 heteroatoms. The molecule has 0 aliphatic rings. The van der Waals surface area contributed by atoms with Crippen molar-refractivity contribution in [1.82, 2.24) is 10.6 Å². The van der Waals surface area contributed by atoms with Gasteiger partial charge in [-0.15, -0.1) is 6.58 Å². The first-order chi connectivity index (χ1) is 9.12. The molecular weight excluding hydrogens is 244 g/mol. The summed E-state index contributed by atoms with van der Waals surface area (Å²) in [5.74, 6) is 1.42. The average molecular weight is 264 g/mol. The normalized spacial score (nSPS) is 11.3. The molecular formula is C14H20N2O3. The van der Waals surface area contributed by atoms with Crippen molar-refractivity contribution in [3.05, 3.63) is 36.4 Å². The Morgan fingerprint density at radius 2 is 2.16 bits per heavy atom. The molecule has 0 radical (unpaired) electrons. The molecule has 5 nitrogen and oxygen atoms in total. The maximum absolute atomic E-state index is 11.6. The summed E-state index contributed by atoms with van der Waals surface area (Å²) in [5, 5.41) is 5.48. The molecule has 0 saturated carbocycles. The van der Waals surface area contributed by atoms with Gasteiger partial charge < -0.3 is 20.1 Å². The van der Waals surface area contributed by atoms with E-state index >= 15 is 0 Å². The highest BCUT2D eigenvalue weighted by Gasteiger charge is 2.14. The van der Waals surface area contributed by atoms with Crippen LogP contribution in [0.3, 0.4) is 0 Å². The van der Waals surface area contributed by atoms with Gasteiger partial charge in [0.15, 0.2) is 0 Å². The molecule has 1 atom stereocenters. The van der Waals surface area contributed by atoms with Crippen LogP contribution in [0.25, 0.3) is 0 Å². The summed E-state index contributed by atoms with van der Waals surface area (Å²) >= 11 is 0. The third kappa shape index (κ3) is 4.21. The number of rotatable bonds is 6. The van der Waals surface area contributed by atoms with Gasteiger partial charge in [0.1, 0.15) is 11.5 Å². The quantitative estimate of drug-likeness (QED) is 0.775. The third-order valence-corrected chi connectivity index (χ3v) is 2.66. The number of methoxy groups -OCH3 is 2. The Labute approximate surface area is 113 Å². The van der Waals surface area contributed by atoms with Crippen LogP contribution >= 0.6 is 0 Å². The first-order valence-corrected chi connectivity index (χ1v) is 5.99. The van der Waals surface area contributed by atoms with Gasteiger partial charge in [0.25, 0.3) is 0 Å². The van der Waals surface area contributed by atoms with Crippen LogP contribution in [-0.2, 0) is 0 Å². The second-order valence-electron chi connectivity index (χ2n) is 3.97. The van der Waals surface area contributed by atoms with Gasteiger partial charge in [-0.1, -0.05) is 6.08 Å². The highest BCUT2D eigenvalue weighted by molar-refractivity contribution is 5.74. The third-order valence-electron chi connectivity index (χ3n) is 2.66. The van der Waals surface area contributed by atoms with E-state index in [1.807, 2.05) is 25.1 Å². The fourth-order valence-corrected chi connectivity index (χ4v) is 1.67. The van der Waals surface area contributed by atoms with Crippen molar-refractivity contribution in [2.45, 2.75) is 13.0 Å². The van der Waals surface area contributed by atoms with Crippen molar-refractivity contribution in [2.75, 3.05) is 20.8 Å². The van der Waals surface area contributed by atoms with Gasteiger partial charge in [-0.05, 0) is 25.1 Å². The monoisotopic (exact) mass is 264 g/mol. The molecule has 0 unspecified atom stereocenters. The highest BCUT2D eigenvalue weighted by atomic mass is 16.5. The number of nitrogens with one attached hydrogen (secondary N) is 2. The van der Waals surface area contributed by atoms with Crippen LogP contribution in [0.15, 0.2) is 30.9 Å². The highest BCUT2D eigenvalue weighted by Crippen LogP contribution is 2.29. The van der Waals surface area contributed by atoms with Crippen molar-refractivity contribution >= 4 is 6.03 Å². The number of hydrogen-bond donors (Lipinski definition) is 2. The Hall–Kier alpha value is -2.17. The van der Waals surface area contributed by atoms with Gasteiger partial charge >= 0.3 is 6.03 Å². The summed E-state index contributed by atoms with van der Waals surface area (Å²) in [6.07, 6.45) is 1.62. The number of benzene rings is 1. The Kier molecular flexibility index (Phi) is 5.73. The van der Waals surface area contributed by atoms with Crippen LogP contribution in [-0.4, -0.2) is 26.8 Å². The van der Waals surface area contributed by atoms with Gasteiger partial charge in [0.2, 0.25) is 0 Å². The zero-order chi connectivity index (χ0) is 14.3. The molecule has 0 aliphatic carbocycles. The molecule has 0 aromatic heterocycles. The summed E-state index contributed by atoms with van der Waals surface area (Å²) in [5.41, 5.74) is 0.857. The van der Waals surface area contributed by atoms with Crippen molar-refractivity contribution in [2.24, 2.45) is 0 Å². The predicted molar refractivity (Wildman–Crippen MR) is 74.7 cm³/mol. The van der Waals surface area contributed by atoms with E-state index in [-0.39, 0.29) is 12.1 Å². The number of hydrogen-bond acceptors (Lipinski definition) is 3. The molecule has 2 N–H and O–H groups in total. The Morgan fingerprint density at radius 1 is 1.42 bits per heavy atom. The fourth-order valence-electron chi connectivity index (χ4n) is 1.67. The van der Waals surface area contributed by atoms with Crippen molar-refractivity contribution < 1.29 is 14.3 Å². The second kappa shape index (κ2) is 7.31. The van der Waals surface area contributed by atoms with E-state index in [1.54, 1.807) is 20.3 Å². The van der Waals surface area contributed by atoms with Crippen LogP contribution in [0.2, 0.25) is 0 Å². The second-order valence-corrected chi connectivity index (χ2v) is 3.97. The van der Waals surface area contributed by atoms with Gasteiger partial charge in [-0.25, -0.2) is 4.79 Å². The van der Waals surface area contributed by atoms with Crippen LogP contribution in [0.5, 0.6) is 11.5 Å². The Bertz CT molecular complexity index is 446. The summed E-state index contributed by atoms with van der Waals surface area (Å²) in [6.45, 7) is 5.85. The predicted octanol–water partition coefficient (Wildman–Crippen LogP) is 2.25. The zero-order valence-electron chi connectivity index (χ0n) is 11.5. The summed E-state index contributed by atoms with van der Waals surface area (Å²) in [7, 11) is 3.19. The fraction of sp³-hybridized carbons (Fsp3) is 0.357. The lowest BCUT2D eigenvalue weighted by atomic mass is 10.1. The first-order valence-electron chi connectivity index (χ1n) is 5.99. The lowest BCUT2D eigenvalue weighted by Gasteiger charge is -2.18. The summed E-state index contributed by atoms with van der Waals surface area (Å²) in [4.78, 5) is 11.6. The van der Waals surface area contributed by atoms with Crippen molar-refractivity contribution in [3.8, 4) is 11.5 Å². The molecule has 0 heterocycles. The Balaban J connectivity index is 2.82. The number of carbonyl (C=O) groups excluding carboxylic acids is 1. The van der Waals surface area contributed by atoms with Gasteiger partial charge in [0, 0.05) is 12.1 Å². The number of amides is 2.